The van der Waals surface area contributed by atoms with Crippen LogP contribution in [0, 0.1) is 12.4 Å². The lowest BCUT2D eigenvalue weighted by atomic mass is 9.99. The molecule has 1 N–H and O–H groups in total. The van der Waals surface area contributed by atoms with Crippen molar-refractivity contribution in [3.05, 3.63) is 46.7 Å². The van der Waals surface area contributed by atoms with Gasteiger partial charge in [-0.1, -0.05) is 0 Å². The van der Waals surface area contributed by atoms with Gasteiger partial charge in [-0.25, -0.2) is 18.4 Å². The molecule has 0 aliphatic carbocycles. The number of amides is 2. The van der Waals surface area contributed by atoms with E-state index in [0.29, 0.717) is 29.9 Å². The van der Waals surface area contributed by atoms with Crippen LogP contribution in [0.1, 0.15) is 20.3 Å². The van der Waals surface area contributed by atoms with Crippen molar-refractivity contribution >= 4 is 23.4 Å². The Morgan fingerprint density at radius 1 is 1.38 bits per heavy atom. The SMILES string of the molecule is [C-]#[N+]/C(C)=C1/CCN(c2ccc(N3C[C@H](CNC(C)=O)OC3=O)cc2F)CC1F. The average Bonchev–Trinajstić information content (AvgIpc) is 3.06. The number of cyclic esters (lactones) is 1. The minimum Gasteiger partial charge on any atom is -0.442 e. The molecular formula is C20H22F2N4O3. The zero-order chi connectivity index (χ0) is 21.1. The number of allylic oxidation sites excluding steroid dienone is 1. The van der Waals surface area contributed by atoms with Gasteiger partial charge in [0.25, 0.3) is 0 Å². The number of carbonyl (C=O) groups is 2. The Kier molecular flexibility index (Phi) is 6.01. The van der Waals surface area contributed by atoms with Crippen LogP contribution >= 0.6 is 0 Å². The molecule has 2 amide bonds. The first-order valence-electron chi connectivity index (χ1n) is 9.28. The van der Waals surface area contributed by atoms with Crippen molar-refractivity contribution in [2.45, 2.75) is 32.5 Å². The van der Waals surface area contributed by atoms with Crippen LogP contribution in [0.3, 0.4) is 0 Å². The highest BCUT2D eigenvalue weighted by molar-refractivity contribution is 5.90. The van der Waals surface area contributed by atoms with Gasteiger partial charge in [-0.05, 0) is 37.1 Å². The summed E-state index contributed by atoms with van der Waals surface area (Å²) in [7, 11) is 0. The summed E-state index contributed by atoms with van der Waals surface area (Å²) in [6.07, 6.45) is -2.09. The van der Waals surface area contributed by atoms with Gasteiger partial charge in [-0.15, -0.1) is 0 Å². The van der Waals surface area contributed by atoms with Crippen LogP contribution in [0.5, 0.6) is 0 Å². The molecule has 29 heavy (non-hydrogen) atoms. The van der Waals surface area contributed by atoms with Crippen molar-refractivity contribution in [2.75, 3.05) is 36.0 Å². The summed E-state index contributed by atoms with van der Waals surface area (Å²) in [4.78, 5) is 29.3. The van der Waals surface area contributed by atoms with Crippen molar-refractivity contribution in [3.63, 3.8) is 0 Å². The molecule has 1 unspecified atom stereocenters. The van der Waals surface area contributed by atoms with E-state index in [1.165, 1.54) is 24.0 Å². The Morgan fingerprint density at radius 2 is 2.14 bits per heavy atom. The van der Waals surface area contributed by atoms with E-state index in [0.717, 1.165) is 0 Å². The van der Waals surface area contributed by atoms with Gasteiger partial charge in [0.05, 0.1) is 37.6 Å². The van der Waals surface area contributed by atoms with E-state index in [2.05, 4.69) is 10.2 Å². The number of piperidine rings is 1. The molecule has 2 atom stereocenters. The first kappa shape index (κ1) is 20.6. The normalized spacial score (nSPS) is 23.5. The van der Waals surface area contributed by atoms with Crippen molar-refractivity contribution in [2.24, 2.45) is 0 Å². The molecule has 2 heterocycles. The van der Waals surface area contributed by atoms with E-state index < -0.39 is 24.2 Å². The molecule has 1 aromatic carbocycles. The average molecular weight is 404 g/mol. The van der Waals surface area contributed by atoms with Crippen LogP contribution in [0.15, 0.2) is 29.5 Å². The van der Waals surface area contributed by atoms with E-state index >= 15 is 0 Å². The van der Waals surface area contributed by atoms with Crippen molar-refractivity contribution in [1.29, 1.82) is 0 Å². The van der Waals surface area contributed by atoms with Gasteiger partial charge in [0, 0.05) is 13.5 Å². The molecule has 9 heteroatoms. The largest absolute Gasteiger partial charge is 0.442 e. The molecular weight excluding hydrogens is 382 g/mol. The fourth-order valence-electron chi connectivity index (χ4n) is 3.52. The molecule has 2 aliphatic heterocycles. The Bertz CT molecular complexity index is 896. The van der Waals surface area contributed by atoms with Gasteiger partial charge in [-0.3, -0.25) is 9.69 Å². The van der Waals surface area contributed by atoms with Gasteiger partial charge >= 0.3 is 6.09 Å². The predicted octanol–water partition coefficient (Wildman–Crippen LogP) is 3.03. The lowest BCUT2D eigenvalue weighted by Crippen LogP contribution is -2.38. The van der Waals surface area contributed by atoms with Crippen LogP contribution in [-0.4, -0.2) is 50.5 Å². The Labute approximate surface area is 167 Å². The zero-order valence-corrected chi connectivity index (χ0v) is 16.2. The van der Waals surface area contributed by atoms with Crippen LogP contribution < -0.4 is 15.1 Å². The van der Waals surface area contributed by atoms with Crippen molar-refractivity contribution < 1.29 is 23.1 Å². The summed E-state index contributed by atoms with van der Waals surface area (Å²) in [5, 5.41) is 2.58. The molecule has 2 saturated heterocycles. The van der Waals surface area contributed by atoms with Crippen molar-refractivity contribution in [1.82, 2.24) is 5.32 Å². The number of benzene rings is 1. The lowest BCUT2D eigenvalue weighted by Gasteiger charge is -2.33. The van der Waals surface area contributed by atoms with E-state index in [1.54, 1.807) is 17.9 Å². The number of ether oxygens (including phenoxy) is 1. The summed E-state index contributed by atoms with van der Waals surface area (Å²) in [6, 6.07) is 4.33. The maximum Gasteiger partial charge on any atom is 0.414 e. The third-order valence-electron chi connectivity index (χ3n) is 5.08. The summed E-state index contributed by atoms with van der Waals surface area (Å²) >= 11 is 0. The molecule has 0 bridgehead atoms. The lowest BCUT2D eigenvalue weighted by molar-refractivity contribution is -0.119. The number of carbonyl (C=O) groups excluding carboxylic acids is 2. The van der Waals surface area contributed by atoms with Gasteiger partial charge in [0.15, 0.2) is 5.70 Å². The fraction of sp³-hybridized carbons (Fsp3) is 0.450. The number of nitrogens with zero attached hydrogens (tertiary/aromatic N) is 3. The highest BCUT2D eigenvalue weighted by atomic mass is 19.1. The molecule has 1 aromatic rings. The summed E-state index contributed by atoms with van der Waals surface area (Å²) < 4.78 is 34.4. The summed E-state index contributed by atoms with van der Waals surface area (Å²) in [5.41, 5.74) is 1.41. The second kappa shape index (κ2) is 8.47. The van der Waals surface area contributed by atoms with Crippen LogP contribution in [0.4, 0.5) is 25.0 Å². The molecule has 0 spiro atoms. The smallest absolute Gasteiger partial charge is 0.414 e. The maximum atomic E-state index is 14.8. The standard InChI is InChI=1S/C20H22F2N4O3/c1-12(23-3)16-6-7-25(11-18(16)22)19-5-4-14(8-17(19)21)26-10-15(29-20(26)28)9-24-13(2)27/h4-5,8,15,18H,6-7,9-11H2,1-2H3,(H,24,27)/b16-12-/t15-,18?/m0/s1. The van der Waals surface area contributed by atoms with Crippen molar-refractivity contribution in [3.8, 4) is 0 Å². The Hall–Kier alpha value is -3.15. The maximum absolute atomic E-state index is 14.8. The third-order valence-corrected chi connectivity index (χ3v) is 5.08. The van der Waals surface area contributed by atoms with E-state index in [9.17, 15) is 18.4 Å². The summed E-state index contributed by atoms with van der Waals surface area (Å²) in [5.74, 6) is -0.797. The van der Waals surface area contributed by atoms with E-state index in [4.69, 9.17) is 11.3 Å². The number of nitrogens with one attached hydrogen (secondary N) is 1. The Balaban J connectivity index is 1.71. The number of anilines is 2. The number of rotatable bonds is 4. The Morgan fingerprint density at radius 3 is 2.76 bits per heavy atom. The highest BCUT2D eigenvalue weighted by Gasteiger charge is 2.33. The minimum absolute atomic E-state index is 0.0248. The monoisotopic (exact) mass is 404 g/mol. The number of hydrogen-bond acceptors (Lipinski definition) is 4. The first-order valence-corrected chi connectivity index (χ1v) is 9.28. The molecule has 154 valence electrons. The van der Waals surface area contributed by atoms with Crippen LogP contribution in [0.2, 0.25) is 0 Å². The topological polar surface area (TPSA) is 66.2 Å². The molecule has 3 rings (SSSR count). The second-order valence-corrected chi connectivity index (χ2v) is 7.08. The zero-order valence-electron chi connectivity index (χ0n) is 16.2. The van der Waals surface area contributed by atoms with Gasteiger partial charge in [0.2, 0.25) is 5.91 Å². The van der Waals surface area contributed by atoms with Gasteiger partial charge in [-0.2, -0.15) is 0 Å². The van der Waals surface area contributed by atoms with Gasteiger partial charge in [0.1, 0.15) is 18.1 Å². The minimum atomic E-state index is -1.32. The van der Waals surface area contributed by atoms with Crippen LogP contribution in [-0.2, 0) is 9.53 Å². The third kappa shape index (κ3) is 4.47. The van der Waals surface area contributed by atoms with Crippen LogP contribution in [0.25, 0.3) is 4.85 Å². The second-order valence-electron chi connectivity index (χ2n) is 7.08. The quantitative estimate of drug-likeness (QED) is 0.784. The summed E-state index contributed by atoms with van der Waals surface area (Å²) in [6.45, 7) is 10.7. The fourth-order valence-corrected chi connectivity index (χ4v) is 3.52. The molecule has 2 fully saturated rings. The molecule has 7 nitrogen and oxygen atoms in total. The van der Waals surface area contributed by atoms with E-state index in [-0.39, 0.29) is 31.2 Å². The molecule has 0 saturated carbocycles. The highest BCUT2D eigenvalue weighted by Crippen LogP contribution is 2.32. The van der Waals surface area contributed by atoms with Gasteiger partial charge < -0.3 is 15.0 Å². The molecule has 0 aromatic heterocycles. The first-order chi connectivity index (χ1) is 13.8. The number of alkyl halides is 1. The molecule has 2 aliphatic rings. The number of hydrogen-bond donors (Lipinski definition) is 1. The molecule has 0 radical (unpaired) electrons. The van der Waals surface area contributed by atoms with E-state index in [1.807, 2.05) is 0 Å². The predicted molar refractivity (Wildman–Crippen MR) is 104 cm³/mol. The number of halogens is 2.